The van der Waals surface area contributed by atoms with E-state index in [0.717, 1.165) is 70.6 Å². The predicted molar refractivity (Wildman–Crippen MR) is 261 cm³/mol. The van der Waals surface area contributed by atoms with Gasteiger partial charge in [-0.1, -0.05) is 236 Å². The Bertz CT molecular complexity index is 1120. The highest BCUT2D eigenvalue weighted by molar-refractivity contribution is 5.72. The Hall–Kier alpha value is -2.89. The zero-order valence-electron chi connectivity index (χ0n) is 40.2. The van der Waals surface area contributed by atoms with Crippen LogP contribution in [0.3, 0.4) is 0 Å². The third-order valence-corrected chi connectivity index (χ3v) is 11.1. The molecule has 0 rings (SSSR count). The van der Waals surface area contributed by atoms with Crippen LogP contribution in [0.1, 0.15) is 252 Å². The molecule has 0 aromatic carbocycles. The van der Waals surface area contributed by atoms with E-state index >= 15 is 0 Å². The molecule has 1 unspecified atom stereocenters. The largest absolute Gasteiger partial charge is 0.462 e. The summed E-state index contributed by atoms with van der Waals surface area (Å²) >= 11 is 0. The average Bonchev–Trinajstić information content (AvgIpc) is 3.26. The van der Waals surface area contributed by atoms with Crippen molar-refractivity contribution in [3.8, 4) is 0 Å². The van der Waals surface area contributed by atoms with Crippen LogP contribution in [0.4, 0.5) is 0 Å². The molecule has 0 radical (unpaired) electrons. The molecule has 0 aliphatic heterocycles. The Morgan fingerprint density at radius 3 is 1.21 bits per heavy atom. The molecule has 0 spiro atoms. The van der Waals surface area contributed by atoms with Gasteiger partial charge in [-0.25, -0.2) is 0 Å². The minimum Gasteiger partial charge on any atom is -0.462 e. The summed E-state index contributed by atoms with van der Waals surface area (Å²) in [5, 5.41) is 0. The van der Waals surface area contributed by atoms with E-state index in [0.29, 0.717) is 12.8 Å². The van der Waals surface area contributed by atoms with Gasteiger partial charge in [0.25, 0.3) is 0 Å². The lowest BCUT2D eigenvalue weighted by molar-refractivity contribution is -0.166. The van der Waals surface area contributed by atoms with Gasteiger partial charge in [0, 0.05) is 12.8 Å². The normalized spacial score (nSPS) is 12.5. The molecule has 6 nitrogen and oxygen atoms in total. The first kappa shape index (κ1) is 58.1. The number of rotatable bonds is 46. The van der Waals surface area contributed by atoms with E-state index in [1.807, 2.05) is 6.08 Å². The Morgan fingerprint density at radius 2 is 0.738 bits per heavy atom. The lowest BCUT2D eigenvalue weighted by Crippen LogP contribution is -2.30. The van der Waals surface area contributed by atoms with Gasteiger partial charge in [0.1, 0.15) is 13.2 Å². The Labute approximate surface area is 377 Å². The molecule has 0 amide bonds. The molecule has 0 heterocycles. The van der Waals surface area contributed by atoms with Crippen LogP contribution in [0.5, 0.6) is 0 Å². The fourth-order valence-corrected chi connectivity index (χ4v) is 7.20. The Kier molecular flexibility index (Phi) is 47.4. The first-order valence-electron chi connectivity index (χ1n) is 25.8. The molecule has 0 N–H and O–H groups in total. The summed E-state index contributed by atoms with van der Waals surface area (Å²) < 4.78 is 16.6. The van der Waals surface area contributed by atoms with Gasteiger partial charge in [0.15, 0.2) is 6.10 Å². The third-order valence-electron chi connectivity index (χ3n) is 11.1. The summed E-state index contributed by atoms with van der Waals surface area (Å²) in [6, 6.07) is 0. The van der Waals surface area contributed by atoms with E-state index in [-0.39, 0.29) is 31.6 Å². The molecule has 0 aromatic heterocycles. The zero-order chi connectivity index (χ0) is 44.4. The Balaban J connectivity index is 4.33. The van der Waals surface area contributed by atoms with Crippen LogP contribution in [-0.2, 0) is 28.6 Å². The number of hydrogen-bond acceptors (Lipinski definition) is 6. The van der Waals surface area contributed by atoms with Crippen molar-refractivity contribution in [1.29, 1.82) is 0 Å². The van der Waals surface area contributed by atoms with Crippen molar-refractivity contribution in [1.82, 2.24) is 0 Å². The molecule has 61 heavy (non-hydrogen) atoms. The fraction of sp³-hybridized carbons (Fsp3) is 0.764. The SMILES string of the molecule is CC/C=C\C/C=C\C/C=C\CC(=O)OCC(COC(=O)CCCCCCCCCCCCCCCCCCCCC)OC(=O)CCCCCCCC/C=C\C=C/CCCCC. The molecule has 352 valence electrons. The van der Waals surface area contributed by atoms with Crippen molar-refractivity contribution in [2.75, 3.05) is 13.2 Å². The van der Waals surface area contributed by atoms with Crippen LogP contribution >= 0.6 is 0 Å². The second kappa shape index (κ2) is 49.8. The highest BCUT2D eigenvalue weighted by Crippen LogP contribution is 2.16. The van der Waals surface area contributed by atoms with Crippen molar-refractivity contribution < 1.29 is 28.6 Å². The van der Waals surface area contributed by atoms with Crippen LogP contribution in [0.25, 0.3) is 0 Å². The zero-order valence-corrected chi connectivity index (χ0v) is 40.2. The summed E-state index contributed by atoms with van der Waals surface area (Å²) in [6.45, 7) is 6.40. The smallest absolute Gasteiger partial charge is 0.309 e. The first-order chi connectivity index (χ1) is 30.0. The molecule has 0 saturated carbocycles. The van der Waals surface area contributed by atoms with Crippen molar-refractivity contribution in [2.45, 2.75) is 258 Å². The molecule has 0 bridgehead atoms. The molecule has 1 atom stereocenters. The van der Waals surface area contributed by atoms with Crippen LogP contribution < -0.4 is 0 Å². The lowest BCUT2D eigenvalue weighted by Gasteiger charge is -2.18. The number of esters is 3. The minimum atomic E-state index is -0.812. The average molecular weight is 853 g/mol. The quantitative estimate of drug-likeness (QED) is 0.0200. The van der Waals surface area contributed by atoms with E-state index in [1.165, 1.54) is 141 Å². The Morgan fingerprint density at radius 1 is 0.377 bits per heavy atom. The number of unbranched alkanes of at least 4 members (excludes halogenated alkanes) is 27. The first-order valence-corrected chi connectivity index (χ1v) is 25.8. The molecule has 6 heteroatoms. The topological polar surface area (TPSA) is 78.9 Å². The van der Waals surface area contributed by atoms with E-state index in [9.17, 15) is 14.4 Å². The van der Waals surface area contributed by atoms with Gasteiger partial charge in [-0.15, -0.1) is 0 Å². The molecule has 0 fully saturated rings. The predicted octanol–water partition coefficient (Wildman–Crippen LogP) is 16.9. The monoisotopic (exact) mass is 853 g/mol. The van der Waals surface area contributed by atoms with Crippen LogP contribution in [0.2, 0.25) is 0 Å². The molecule has 0 aromatic rings. The maximum Gasteiger partial charge on any atom is 0.309 e. The van der Waals surface area contributed by atoms with Crippen LogP contribution in [-0.4, -0.2) is 37.2 Å². The van der Waals surface area contributed by atoms with Gasteiger partial charge < -0.3 is 14.2 Å². The number of allylic oxidation sites excluding steroid dienone is 9. The van der Waals surface area contributed by atoms with Gasteiger partial charge in [-0.3, -0.25) is 14.4 Å². The van der Waals surface area contributed by atoms with Crippen molar-refractivity contribution in [3.63, 3.8) is 0 Å². The standard InChI is InChI=1S/C55H96O6/c1-4-7-10-13-16-19-21-23-25-26-27-28-30-31-33-36-39-42-45-48-54(57)60-51-52(50-59-53(56)47-44-41-38-35-18-15-12-9-6-3)61-55(58)49-46-43-40-37-34-32-29-24-22-20-17-14-11-8-5-2/h9,12,17-18,20,22,24,35,41,44,52H,4-8,10-11,13-16,19,21,23,25-34,36-40,42-43,45-51H2,1-3H3/b12-9-,20-17-,24-22-,35-18-,44-41-. The molecule has 0 saturated heterocycles. The van der Waals surface area contributed by atoms with Gasteiger partial charge >= 0.3 is 17.9 Å². The van der Waals surface area contributed by atoms with E-state index in [4.69, 9.17) is 14.2 Å². The van der Waals surface area contributed by atoms with Gasteiger partial charge in [-0.2, -0.15) is 0 Å². The summed E-state index contributed by atoms with van der Waals surface area (Å²) in [4.78, 5) is 37.8. The maximum atomic E-state index is 12.8. The van der Waals surface area contributed by atoms with E-state index in [1.54, 1.807) is 6.08 Å². The summed E-state index contributed by atoms with van der Waals surface area (Å²) in [6.07, 6.45) is 61.0. The summed E-state index contributed by atoms with van der Waals surface area (Å²) in [5.74, 6) is -1.04. The summed E-state index contributed by atoms with van der Waals surface area (Å²) in [7, 11) is 0. The molecular weight excluding hydrogens is 757 g/mol. The van der Waals surface area contributed by atoms with Crippen molar-refractivity contribution >= 4 is 17.9 Å². The molecule has 0 aliphatic carbocycles. The maximum absolute atomic E-state index is 12.8. The second-order valence-corrected chi connectivity index (χ2v) is 17.1. The highest BCUT2D eigenvalue weighted by atomic mass is 16.6. The van der Waals surface area contributed by atoms with Gasteiger partial charge in [-0.05, 0) is 57.8 Å². The van der Waals surface area contributed by atoms with Gasteiger partial charge in [0.05, 0.1) is 6.42 Å². The lowest BCUT2D eigenvalue weighted by atomic mass is 10.0. The third kappa shape index (κ3) is 48.0. The number of carbonyl (C=O) groups excluding carboxylic acids is 3. The fourth-order valence-electron chi connectivity index (χ4n) is 7.20. The van der Waals surface area contributed by atoms with Crippen molar-refractivity contribution in [2.24, 2.45) is 0 Å². The molecular formula is C55H96O6. The molecule has 0 aliphatic rings. The van der Waals surface area contributed by atoms with Crippen LogP contribution in [0.15, 0.2) is 60.8 Å². The van der Waals surface area contributed by atoms with Crippen LogP contribution in [0, 0.1) is 0 Å². The van der Waals surface area contributed by atoms with E-state index < -0.39 is 12.1 Å². The second-order valence-electron chi connectivity index (χ2n) is 17.1. The summed E-state index contributed by atoms with van der Waals surface area (Å²) in [5.41, 5.74) is 0. The minimum absolute atomic E-state index is 0.104. The number of ether oxygens (including phenoxy) is 3. The van der Waals surface area contributed by atoms with E-state index in [2.05, 4.69) is 69.4 Å². The highest BCUT2D eigenvalue weighted by Gasteiger charge is 2.19. The number of hydrogen-bond donors (Lipinski definition) is 0. The number of carbonyl (C=O) groups is 3. The van der Waals surface area contributed by atoms with Gasteiger partial charge in [0.2, 0.25) is 0 Å². The van der Waals surface area contributed by atoms with Crippen molar-refractivity contribution in [3.05, 3.63) is 60.8 Å².